The van der Waals surface area contributed by atoms with Crippen molar-refractivity contribution in [2.45, 2.75) is 45.1 Å². The van der Waals surface area contributed by atoms with Crippen LogP contribution in [0.4, 0.5) is 23.0 Å². The topological polar surface area (TPSA) is 138 Å². The van der Waals surface area contributed by atoms with Crippen LogP contribution in [0.5, 0.6) is 0 Å². The van der Waals surface area contributed by atoms with Crippen LogP contribution in [0, 0.1) is 20.8 Å². The minimum Gasteiger partial charge on any atom is -0.352 e. The highest BCUT2D eigenvalue weighted by atomic mass is 32.2. The number of aryl methyl sites for hydroxylation is 3. The minimum absolute atomic E-state index is 0.174. The van der Waals surface area contributed by atoms with E-state index >= 15 is 0 Å². The third kappa shape index (κ3) is 5.30. The van der Waals surface area contributed by atoms with E-state index in [9.17, 15) is 8.42 Å². The zero-order valence-corrected chi connectivity index (χ0v) is 23.1. The molecule has 3 aromatic heterocycles. The van der Waals surface area contributed by atoms with E-state index in [0.717, 1.165) is 27.7 Å². The maximum atomic E-state index is 12.8. The van der Waals surface area contributed by atoms with Gasteiger partial charge in [0.1, 0.15) is 23.0 Å². The van der Waals surface area contributed by atoms with E-state index in [4.69, 9.17) is 4.99 Å². The molecule has 1 aliphatic heterocycles. The van der Waals surface area contributed by atoms with Crippen molar-refractivity contribution in [3.05, 3.63) is 53.2 Å². The second-order valence-electron chi connectivity index (χ2n) is 9.75. The van der Waals surface area contributed by atoms with Gasteiger partial charge in [0.2, 0.25) is 0 Å². The summed E-state index contributed by atoms with van der Waals surface area (Å²) in [6.45, 7) is 9.76. The maximum absolute atomic E-state index is 12.8. The molecule has 0 amide bonds. The Kier molecular flexibility index (Phi) is 6.19. The minimum atomic E-state index is -3.55. The molecular weight excluding hydrogens is 508 g/mol. The van der Waals surface area contributed by atoms with Gasteiger partial charge in [-0.2, -0.15) is 0 Å². The van der Waals surface area contributed by atoms with Crippen molar-refractivity contribution in [1.82, 2.24) is 24.9 Å². The highest BCUT2D eigenvalue weighted by Gasteiger charge is 2.27. The molecule has 3 N–H and O–H groups in total. The summed E-state index contributed by atoms with van der Waals surface area (Å²) < 4.78 is 25.7. The molecule has 37 heavy (non-hydrogen) atoms. The van der Waals surface area contributed by atoms with E-state index in [-0.39, 0.29) is 10.4 Å². The summed E-state index contributed by atoms with van der Waals surface area (Å²) in [6, 6.07) is 7.12. The second-order valence-corrected chi connectivity index (χ2v) is 12.7. The third-order valence-electron chi connectivity index (χ3n) is 5.88. The van der Waals surface area contributed by atoms with E-state index in [1.807, 2.05) is 26.8 Å². The normalized spacial score (nSPS) is 15.1. The average Bonchev–Trinajstić information content (AvgIpc) is 3.37. The Balaban J connectivity index is 1.56. The van der Waals surface area contributed by atoms with Crippen molar-refractivity contribution in [1.29, 1.82) is 0 Å². The van der Waals surface area contributed by atoms with E-state index in [0.29, 0.717) is 40.0 Å². The Labute approximate surface area is 219 Å². The van der Waals surface area contributed by atoms with Crippen LogP contribution in [0.15, 0.2) is 40.4 Å². The van der Waals surface area contributed by atoms with Crippen LogP contribution < -0.4 is 10.6 Å². The fraction of sp³-hybridized carbons (Fsp3) is 0.320. The van der Waals surface area contributed by atoms with Gasteiger partial charge in [-0.25, -0.2) is 23.4 Å². The molecular formula is C25H28N8O2S2. The standard InChI is InChI=1S/C25H28N8O2S2/c1-13-14(2)27-21(11-26-13)31-20-10-18(22-23(32-20)29-15(3)28-22)30-17-8-7-16(9-19(17)37(6,34)35)24-33-25(4,5)12-36-24/h7-11H,12H2,1-6H3,(H3,27,28,29,30,31,32). The first kappa shape index (κ1) is 25.2. The number of thioether (sulfide) groups is 1. The molecule has 4 aromatic rings. The summed E-state index contributed by atoms with van der Waals surface area (Å²) >= 11 is 1.63. The van der Waals surface area contributed by atoms with Crippen molar-refractivity contribution in [2.75, 3.05) is 22.6 Å². The number of aliphatic imine (C=N–C) groups is 1. The molecule has 5 rings (SSSR count). The number of pyridine rings is 1. The van der Waals surface area contributed by atoms with Gasteiger partial charge in [0.25, 0.3) is 0 Å². The van der Waals surface area contributed by atoms with Gasteiger partial charge >= 0.3 is 0 Å². The Morgan fingerprint density at radius 3 is 2.43 bits per heavy atom. The van der Waals surface area contributed by atoms with Crippen LogP contribution in [0.1, 0.15) is 36.6 Å². The number of aromatic amines is 1. The van der Waals surface area contributed by atoms with Gasteiger partial charge < -0.3 is 15.6 Å². The van der Waals surface area contributed by atoms with Gasteiger partial charge in [0, 0.05) is 23.6 Å². The Hall–Kier alpha value is -3.51. The number of fused-ring (bicyclic) bond motifs is 1. The third-order valence-corrected chi connectivity index (χ3v) is 8.47. The molecule has 0 aliphatic carbocycles. The first-order chi connectivity index (χ1) is 17.4. The number of imidazole rings is 1. The molecule has 0 saturated heterocycles. The summed E-state index contributed by atoms with van der Waals surface area (Å²) in [6.07, 6.45) is 2.85. The van der Waals surface area contributed by atoms with Crippen molar-refractivity contribution in [3.63, 3.8) is 0 Å². The van der Waals surface area contributed by atoms with Crippen molar-refractivity contribution in [2.24, 2.45) is 4.99 Å². The predicted molar refractivity (Wildman–Crippen MR) is 149 cm³/mol. The van der Waals surface area contributed by atoms with Crippen LogP contribution >= 0.6 is 11.8 Å². The second kappa shape index (κ2) is 9.10. The molecule has 0 bridgehead atoms. The SMILES string of the molecule is Cc1nc2c(Nc3ccc(C4=NC(C)(C)CS4)cc3S(C)(=O)=O)cc(Nc3cnc(C)c(C)n3)nc2[nH]1. The molecule has 10 nitrogen and oxygen atoms in total. The molecule has 0 saturated carbocycles. The molecule has 1 aliphatic rings. The lowest BCUT2D eigenvalue weighted by molar-refractivity contribution is 0.602. The number of nitrogens with one attached hydrogen (secondary N) is 3. The van der Waals surface area contributed by atoms with E-state index < -0.39 is 9.84 Å². The molecule has 0 unspecified atom stereocenters. The van der Waals surface area contributed by atoms with Crippen molar-refractivity contribution in [3.8, 4) is 0 Å². The molecule has 0 atom stereocenters. The van der Waals surface area contributed by atoms with Crippen LogP contribution in [0.2, 0.25) is 0 Å². The van der Waals surface area contributed by atoms with Crippen molar-refractivity contribution < 1.29 is 8.42 Å². The number of nitrogens with zero attached hydrogens (tertiary/aromatic N) is 5. The fourth-order valence-corrected chi connectivity index (χ4v) is 5.96. The fourth-order valence-electron chi connectivity index (χ4n) is 3.94. The number of H-pyrrole nitrogens is 1. The molecule has 1 aromatic carbocycles. The van der Waals surface area contributed by atoms with Gasteiger partial charge in [0.15, 0.2) is 15.5 Å². The number of anilines is 4. The number of sulfone groups is 1. The predicted octanol–water partition coefficient (Wildman–Crippen LogP) is 4.84. The molecule has 0 spiro atoms. The highest BCUT2D eigenvalue weighted by Crippen LogP contribution is 2.35. The Morgan fingerprint density at radius 2 is 1.76 bits per heavy atom. The summed E-state index contributed by atoms with van der Waals surface area (Å²) in [7, 11) is -3.55. The largest absolute Gasteiger partial charge is 0.352 e. The van der Waals surface area contributed by atoms with E-state index in [1.165, 1.54) is 6.26 Å². The van der Waals surface area contributed by atoms with Gasteiger partial charge in [-0.15, -0.1) is 11.8 Å². The maximum Gasteiger partial charge on any atom is 0.177 e. The quantitative estimate of drug-likeness (QED) is 0.316. The lowest BCUT2D eigenvalue weighted by Gasteiger charge is -2.14. The molecule has 4 heterocycles. The summed E-state index contributed by atoms with van der Waals surface area (Å²) in [5.41, 5.74) is 4.46. The number of rotatable bonds is 6. The number of benzene rings is 1. The van der Waals surface area contributed by atoms with Gasteiger partial charge in [-0.1, -0.05) is 6.07 Å². The number of hydrogen-bond donors (Lipinski definition) is 3. The zero-order valence-electron chi connectivity index (χ0n) is 21.5. The summed E-state index contributed by atoms with van der Waals surface area (Å²) in [5.74, 6) is 2.60. The lowest BCUT2D eigenvalue weighted by Crippen LogP contribution is -2.15. The first-order valence-electron chi connectivity index (χ1n) is 11.7. The van der Waals surface area contributed by atoms with Crippen LogP contribution in [0.25, 0.3) is 11.2 Å². The van der Waals surface area contributed by atoms with Gasteiger partial charge in [0.05, 0.1) is 44.4 Å². The van der Waals surface area contributed by atoms with Gasteiger partial charge in [-0.3, -0.25) is 9.98 Å². The smallest absolute Gasteiger partial charge is 0.177 e. The van der Waals surface area contributed by atoms with E-state index in [1.54, 1.807) is 36.2 Å². The highest BCUT2D eigenvalue weighted by molar-refractivity contribution is 8.14. The Bertz CT molecular complexity index is 1680. The molecule has 12 heteroatoms. The van der Waals surface area contributed by atoms with Crippen LogP contribution in [-0.4, -0.2) is 55.9 Å². The van der Waals surface area contributed by atoms with Gasteiger partial charge in [-0.05, 0) is 46.8 Å². The number of aromatic nitrogens is 5. The Morgan fingerprint density at radius 1 is 0.973 bits per heavy atom. The van der Waals surface area contributed by atoms with Crippen LogP contribution in [-0.2, 0) is 9.84 Å². The van der Waals surface area contributed by atoms with E-state index in [2.05, 4.69) is 49.4 Å². The summed E-state index contributed by atoms with van der Waals surface area (Å²) in [4.78, 5) is 26.2. The van der Waals surface area contributed by atoms with Crippen molar-refractivity contribution >= 4 is 60.8 Å². The summed E-state index contributed by atoms with van der Waals surface area (Å²) in [5, 5.41) is 7.32. The monoisotopic (exact) mass is 536 g/mol. The number of hydrogen-bond acceptors (Lipinski definition) is 10. The lowest BCUT2D eigenvalue weighted by atomic mass is 10.1. The van der Waals surface area contributed by atoms with Crippen LogP contribution in [0.3, 0.4) is 0 Å². The molecule has 0 fully saturated rings. The molecule has 0 radical (unpaired) electrons. The first-order valence-corrected chi connectivity index (χ1v) is 14.5. The molecule has 192 valence electrons. The average molecular weight is 537 g/mol. The zero-order chi connectivity index (χ0) is 26.5.